The molecule has 24 heavy (non-hydrogen) atoms. The van der Waals surface area contributed by atoms with Gasteiger partial charge in [-0.25, -0.2) is 0 Å². The Morgan fingerprint density at radius 3 is 2.67 bits per heavy atom. The Morgan fingerprint density at radius 1 is 1.33 bits per heavy atom. The quantitative estimate of drug-likeness (QED) is 0.666. The zero-order chi connectivity index (χ0) is 17.3. The minimum Gasteiger partial charge on any atom is -0.339 e. The number of nitrogens with zero attached hydrogens (tertiary/aromatic N) is 2. The number of nitro benzene ring substituents is 1. The molecule has 2 aliphatic rings. The lowest BCUT2D eigenvalue weighted by atomic mass is 10.1. The summed E-state index contributed by atoms with van der Waals surface area (Å²) in [5, 5.41) is 13.5. The zero-order valence-electron chi connectivity index (χ0n) is 13.0. The Hall–Kier alpha value is -2.15. The number of amides is 2. The Labute approximate surface area is 144 Å². The Balaban J connectivity index is 1.65. The molecule has 2 fully saturated rings. The van der Waals surface area contributed by atoms with E-state index in [9.17, 15) is 19.7 Å². The minimum atomic E-state index is -0.549. The van der Waals surface area contributed by atoms with Crippen molar-refractivity contribution in [1.82, 2.24) is 4.90 Å². The number of likely N-dealkylation sites (tertiary alicyclic amines) is 1. The maximum Gasteiger partial charge on any atom is 0.271 e. The van der Waals surface area contributed by atoms with Crippen LogP contribution in [0.4, 0.5) is 11.4 Å². The number of rotatable bonds is 4. The fourth-order valence-corrected chi connectivity index (χ4v) is 3.65. The van der Waals surface area contributed by atoms with Gasteiger partial charge in [-0.15, -0.1) is 0 Å². The lowest BCUT2D eigenvalue weighted by Gasteiger charge is -2.23. The van der Waals surface area contributed by atoms with Crippen molar-refractivity contribution in [3.05, 3.63) is 33.3 Å². The summed E-state index contributed by atoms with van der Waals surface area (Å²) in [4.78, 5) is 36.6. The van der Waals surface area contributed by atoms with Crippen molar-refractivity contribution in [1.29, 1.82) is 0 Å². The predicted molar refractivity (Wildman–Crippen MR) is 88.8 cm³/mol. The molecule has 2 amide bonds. The number of anilines is 1. The molecule has 0 bridgehead atoms. The van der Waals surface area contributed by atoms with Gasteiger partial charge in [0.2, 0.25) is 11.8 Å². The third kappa shape index (κ3) is 3.36. The predicted octanol–water partition coefficient (Wildman–Crippen LogP) is 2.98. The van der Waals surface area contributed by atoms with Crippen molar-refractivity contribution in [3.8, 4) is 0 Å². The first-order chi connectivity index (χ1) is 11.5. The number of hydrogen-bond donors (Lipinski definition) is 1. The minimum absolute atomic E-state index is 0.0249. The maximum absolute atomic E-state index is 12.4. The van der Waals surface area contributed by atoms with Gasteiger partial charge in [-0.05, 0) is 18.9 Å². The van der Waals surface area contributed by atoms with E-state index in [0.29, 0.717) is 12.2 Å². The highest BCUT2D eigenvalue weighted by Crippen LogP contribution is 2.31. The van der Waals surface area contributed by atoms with E-state index in [1.807, 2.05) is 4.90 Å². The average molecular weight is 352 g/mol. The Morgan fingerprint density at radius 2 is 2.04 bits per heavy atom. The summed E-state index contributed by atoms with van der Waals surface area (Å²) in [5.41, 5.74) is 0.181. The monoisotopic (exact) mass is 351 g/mol. The van der Waals surface area contributed by atoms with E-state index in [2.05, 4.69) is 5.32 Å². The van der Waals surface area contributed by atoms with Crippen LogP contribution in [0.1, 0.15) is 32.1 Å². The molecule has 1 aliphatic carbocycles. The number of hydrogen-bond acceptors (Lipinski definition) is 4. The van der Waals surface area contributed by atoms with Crippen LogP contribution in [0, 0.1) is 16.0 Å². The normalized spacial score (nSPS) is 21.3. The van der Waals surface area contributed by atoms with E-state index in [-0.39, 0.29) is 35.0 Å². The molecular weight excluding hydrogens is 334 g/mol. The lowest BCUT2D eigenvalue weighted by Crippen LogP contribution is -2.35. The number of nitro groups is 1. The molecule has 1 N–H and O–H groups in total. The number of nitrogens with one attached hydrogen (secondary N) is 1. The van der Waals surface area contributed by atoms with Crippen molar-refractivity contribution >= 4 is 34.8 Å². The summed E-state index contributed by atoms with van der Waals surface area (Å²) in [7, 11) is 0. The van der Waals surface area contributed by atoms with Gasteiger partial charge in [0.1, 0.15) is 0 Å². The molecule has 1 aromatic rings. The summed E-state index contributed by atoms with van der Waals surface area (Å²) in [5.74, 6) is -0.666. The van der Waals surface area contributed by atoms with Gasteiger partial charge < -0.3 is 10.2 Å². The van der Waals surface area contributed by atoms with E-state index in [1.54, 1.807) is 0 Å². The first-order valence-corrected chi connectivity index (χ1v) is 8.38. The number of carbonyl (C=O) groups is 2. The number of halogens is 1. The first-order valence-electron chi connectivity index (χ1n) is 8.00. The summed E-state index contributed by atoms with van der Waals surface area (Å²) in [6.45, 7) is 0.430. The van der Waals surface area contributed by atoms with Gasteiger partial charge in [0.25, 0.3) is 5.69 Å². The fourth-order valence-electron chi connectivity index (χ4n) is 3.43. The highest BCUT2D eigenvalue weighted by Gasteiger charge is 2.38. The van der Waals surface area contributed by atoms with Crippen LogP contribution in [-0.4, -0.2) is 34.2 Å². The van der Waals surface area contributed by atoms with E-state index >= 15 is 0 Å². The summed E-state index contributed by atoms with van der Waals surface area (Å²) < 4.78 is 0. The lowest BCUT2D eigenvalue weighted by molar-refractivity contribution is -0.384. The van der Waals surface area contributed by atoms with E-state index in [0.717, 1.165) is 25.7 Å². The molecule has 0 aromatic heterocycles. The van der Waals surface area contributed by atoms with Crippen molar-refractivity contribution in [2.45, 2.75) is 38.1 Å². The second-order valence-electron chi connectivity index (χ2n) is 6.30. The molecule has 7 nitrogen and oxygen atoms in total. The number of non-ortho nitro benzene ring substituents is 1. The highest BCUT2D eigenvalue weighted by atomic mass is 35.5. The standard InChI is InChI=1S/C16H18ClN3O4/c17-13-8-12(20(23)24)5-6-14(13)18-16(22)10-7-15(21)19(9-10)11-3-1-2-4-11/h5-6,8,10-11H,1-4,7,9H2,(H,18,22)/t10-/m1/s1. The molecule has 1 saturated heterocycles. The largest absolute Gasteiger partial charge is 0.339 e. The fraction of sp³-hybridized carbons (Fsp3) is 0.500. The SMILES string of the molecule is O=C(Nc1ccc([N+](=O)[O-])cc1Cl)[C@@H]1CC(=O)N(C2CCCC2)C1. The Bertz CT molecular complexity index is 688. The highest BCUT2D eigenvalue weighted by molar-refractivity contribution is 6.34. The van der Waals surface area contributed by atoms with Crippen LogP contribution in [0.5, 0.6) is 0 Å². The van der Waals surface area contributed by atoms with Crippen LogP contribution in [-0.2, 0) is 9.59 Å². The molecule has 0 unspecified atom stereocenters. The van der Waals surface area contributed by atoms with E-state index < -0.39 is 10.8 Å². The number of benzene rings is 1. The third-order valence-electron chi connectivity index (χ3n) is 4.72. The summed E-state index contributed by atoms with van der Waals surface area (Å²) in [6, 6.07) is 4.15. The van der Waals surface area contributed by atoms with Crippen LogP contribution in [0.3, 0.4) is 0 Å². The van der Waals surface area contributed by atoms with Crippen molar-refractivity contribution in [3.63, 3.8) is 0 Å². The van der Waals surface area contributed by atoms with Gasteiger partial charge in [0.05, 0.1) is 21.6 Å². The third-order valence-corrected chi connectivity index (χ3v) is 5.03. The molecule has 128 valence electrons. The van der Waals surface area contributed by atoms with Gasteiger partial charge >= 0.3 is 0 Å². The van der Waals surface area contributed by atoms with Gasteiger partial charge in [0, 0.05) is 31.1 Å². The molecule has 1 aliphatic heterocycles. The van der Waals surface area contributed by atoms with Crippen LogP contribution in [0.25, 0.3) is 0 Å². The molecule has 0 radical (unpaired) electrons. The van der Waals surface area contributed by atoms with Gasteiger partial charge in [0.15, 0.2) is 0 Å². The molecule has 1 aromatic carbocycles. The van der Waals surface area contributed by atoms with Gasteiger partial charge in [-0.2, -0.15) is 0 Å². The second kappa shape index (κ2) is 6.76. The topological polar surface area (TPSA) is 92.5 Å². The van der Waals surface area contributed by atoms with E-state index in [1.165, 1.54) is 18.2 Å². The first kappa shape index (κ1) is 16.7. The summed E-state index contributed by atoms with van der Waals surface area (Å²) >= 11 is 5.99. The molecule has 3 rings (SSSR count). The summed E-state index contributed by atoms with van der Waals surface area (Å²) in [6.07, 6.45) is 4.48. The number of carbonyl (C=O) groups excluding carboxylic acids is 2. The zero-order valence-corrected chi connectivity index (χ0v) is 13.8. The van der Waals surface area contributed by atoms with Crippen LogP contribution >= 0.6 is 11.6 Å². The van der Waals surface area contributed by atoms with Crippen LogP contribution in [0.15, 0.2) is 18.2 Å². The molecule has 1 saturated carbocycles. The average Bonchev–Trinajstić information content (AvgIpc) is 3.18. The van der Waals surface area contributed by atoms with Gasteiger partial charge in [-0.1, -0.05) is 24.4 Å². The smallest absolute Gasteiger partial charge is 0.271 e. The molecule has 1 atom stereocenters. The van der Waals surface area contributed by atoms with E-state index in [4.69, 9.17) is 11.6 Å². The molecule has 0 spiro atoms. The maximum atomic E-state index is 12.4. The Kier molecular flexibility index (Phi) is 4.71. The van der Waals surface area contributed by atoms with Gasteiger partial charge in [-0.3, -0.25) is 19.7 Å². The van der Waals surface area contributed by atoms with Crippen molar-refractivity contribution in [2.75, 3.05) is 11.9 Å². The molecule has 8 heteroatoms. The second-order valence-corrected chi connectivity index (χ2v) is 6.70. The van der Waals surface area contributed by atoms with Crippen molar-refractivity contribution in [2.24, 2.45) is 5.92 Å². The van der Waals surface area contributed by atoms with Crippen molar-refractivity contribution < 1.29 is 14.5 Å². The van der Waals surface area contributed by atoms with Crippen LogP contribution < -0.4 is 5.32 Å². The van der Waals surface area contributed by atoms with Crippen LogP contribution in [0.2, 0.25) is 5.02 Å². The molecule has 1 heterocycles. The molecular formula is C16H18ClN3O4.